The van der Waals surface area contributed by atoms with Gasteiger partial charge in [0.25, 0.3) is 0 Å². The second-order valence-electron chi connectivity index (χ2n) is 5.92. The summed E-state index contributed by atoms with van der Waals surface area (Å²) in [5.41, 5.74) is 3.15. The summed E-state index contributed by atoms with van der Waals surface area (Å²) >= 11 is 0. The van der Waals surface area contributed by atoms with Gasteiger partial charge < -0.3 is 10.2 Å². The molecule has 1 aromatic carbocycles. The van der Waals surface area contributed by atoms with Crippen LogP contribution in [0.25, 0.3) is 0 Å². The quantitative estimate of drug-likeness (QED) is 0.824. The highest BCUT2D eigenvalue weighted by atomic mass is 16.2. The standard InChI is InChI=1S/C15H22N2O/c1-10(2)12-7-6-8-13-14(12)17(11(3)18)15(4,5)9-16-13/h6-8,10,16H,9H2,1-5H3. The number of hydrogen-bond donors (Lipinski definition) is 1. The lowest BCUT2D eigenvalue weighted by Gasteiger charge is -2.44. The molecule has 0 saturated carbocycles. The summed E-state index contributed by atoms with van der Waals surface area (Å²) in [5, 5.41) is 3.44. The van der Waals surface area contributed by atoms with Gasteiger partial charge in [-0.15, -0.1) is 0 Å². The number of rotatable bonds is 1. The van der Waals surface area contributed by atoms with Crippen molar-refractivity contribution in [2.75, 3.05) is 16.8 Å². The molecular weight excluding hydrogens is 224 g/mol. The minimum Gasteiger partial charge on any atom is -0.381 e. The van der Waals surface area contributed by atoms with Gasteiger partial charge in [-0.1, -0.05) is 26.0 Å². The second-order valence-corrected chi connectivity index (χ2v) is 5.92. The van der Waals surface area contributed by atoms with Crippen molar-refractivity contribution in [3.05, 3.63) is 23.8 Å². The molecule has 1 N–H and O–H groups in total. The van der Waals surface area contributed by atoms with Crippen molar-refractivity contribution in [2.24, 2.45) is 0 Å². The van der Waals surface area contributed by atoms with Gasteiger partial charge in [-0.2, -0.15) is 0 Å². The highest BCUT2D eigenvalue weighted by molar-refractivity contribution is 5.99. The van der Waals surface area contributed by atoms with Crippen LogP contribution in [0.4, 0.5) is 11.4 Å². The summed E-state index contributed by atoms with van der Waals surface area (Å²) in [7, 11) is 0. The number of amides is 1. The lowest BCUT2D eigenvalue weighted by Crippen LogP contribution is -2.54. The molecule has 0 spiro atoms. The Labute approximate surface area is 109 Å². The topological polar surface area (TPSA) is 32.3 Å². The Kier molecular flexibility index (Phi) is 3.09. The first-order chi connectivity index (χ1) is 8.34. The van der Waals surface area contributed by atoms with Crippen LogP contribution in [0.3, 0.4) is 0 Å². The molecule has 18 heavy (non-hydrogen) atoms. The number of nitrogens with zero attached hydrogens (tertiary/aromatic N) is 1. The number of hydrogen-bond acceptors (Lipinski definition) is 2. The fourth-order valence-electron chi connectivity index (χ4n) is 2.70. The van der Waals surface area contributed by atoms with Crippen LogP contribution in [0.5, 0.6) is 0 Å². The van der Waals surface area contributed by atoms with Crippen LogP contribution in [0.2, 0.25) is 0 Å². The number of carbonyl (C=O) groups is 1. The largest absolute Gasteiger partial charge is 0.381 e. The highest BCUT2D eigenvalue weighted by Crippen LogP contribution is 2.41. The highest BCUT2D eigenvalue weighted by Gasteiger charge is 2.37. The lowest BCUT2D eigenvalue weighted by molar-refractivity contribution is -0.117. The van der Waals surface area contributed by atoms with Gasteiger partial charge in [0.15, 0.2) is 0 Å². The van der Waals surface area contributed by atoms with Crippen molar-refractivity contribution in [3.63, 3.8) is 0 Å². The summed E-state index contributed by atoms with van der Waals surface area (Å²) in [5.74, 6) is 0.508. The molecule has 0 saturated heterocycles. The molecule has 0 atom stereocenters. The molecule has 1 aromatic rings. The summed E-state index contributed by atoms with van der Waals surface area (Å²) in [6.07, 6.45) is 0. The molecule has 1 aliphatic heterocycles. The van der Waals surface area contributed by atoms with Crippen molar-refractivity contribution in [1.82, 2.24) is 0 Å². The number of nitrogens with one attached hydrogen (secondary N) is 1. The van der Waals surface area contributed by atoms with Gasteiger partial charge >= 0.3 is 0 Å². The van der Waals surface area contributed by atoms with E-state index in [9.17, 15) is 4.79 Å². The van der Waals surface area contributed by atoms with Crippen LogP contribution in [-0.2, 0) is 4.79 Å². The summed E-state index contributed by atoms with van der Waals surface area (Å²) in [4.78, 5) is 14.0. The zero-order chi connectivity index (χ0) is 13.5. The maximum atomic E-state index is 12.1. The Morgan fingerprint density at radius 1 is 1.39 bits per heavy atom. The predicted molar refractivity (Wildman–Crippen MR) is 76.3 cm³/mol. The smallest absolute Gasteiger partial charge is 0.224 e. The van der Waals surface area contributed by atoms with E-state index >= 15 is 0 Å². The lowest BCUT2D eigenvalue weighted by atomic mass is 9.92. The molecule has 3 heteroatoms. The normalized spacial score (nSPS) is 17.3. The zero-order valence-electron chi connectivity index (χ0n) is 11.9. The average Bonchev–Trinajstić information content (AvgIpc) is 2.26. The number of fused-ring (bicyclic) bond motifs is 1. The van der Waals surface area contributed by atoms with Crippen LogP contribution in [0.1, 0.15) is 46.1 Å². The first kappa shape index (κ1) is 12.9. The third-order valence-electron chi connectivity index (χ3n) is 3.54. The zero-order valence-corrected chi connectivity index (χ0v) is 11.9. The Morgan fingerprint density at radius 2 is 2.06 bits per heavy atom. The van der Waals surface area contributed by atoms with Gasteiger partial charge in [0, 0.05) is 13.5 Å². The maximum Gasteiger partial charge on any atom is 0.224 e. The molecule has 98 valence electrons. The van der Waals surface area contributed by atoms with Gasteiger partial charge in [-0.25, -0.2) is 0 Å². The van der Waals surface area contributed by atoms with Crippen LogP contribution in [0.15, 0.2) is 18.2 Å². The molecule has 0 fully saturated rings. The van der Waals surface area contributed by atoms with Crippen molar-refractivity contribution in [1.29, 1.82) is 0 Å². The second kappa shape index (κ2) is 4.30. The molecule has 0 bridgehead atoms. The molecule has 0 aliphatic carbocycles. The molecule has 1 heterocycles. The van der Waals surface area contributed by atoms with E-state index in [4.69, 9.17) is 0 Å². The molecule has 0 aromatic heterocycles. The van der Waals surface area contributed by atoms with E-state index in [0.717, 1.165) is 17.9 Å². The van der Waals surface area contributed by atoms with Gasteiger partial charge in [0.2, 0.25) is 5.91 Å². The minimum atomic E-state index is -0.191. The Morgan fingerprint density at radius 3 is 2.61 bits per heavy atom. The molecule has 1 amide bonds. The predicted octanol–water partition coefficient (Wildman–Crippen LogP) is 3.37. The van der Waals surface area contributed by atoms with Crippen LogP contribution >= 0.6 is 0 Å². The fourth-order valence-corrected chi connectivity index (χ4v) is 2.70. The van der Waals surface area contributed by atoms with Gasteiger partial charge in [-0.3, -0.25) is 4.79 Å². The number of para-hydroxylation sites is 1. The molecule has 2 rings (SSSR count). The maximum absolute atomic E-state index is 12.1. The Balaban J connectivity index is 2.65. The van der Waals surface area contributed by atoms with Crippen molar-refractivity contribution in [2.45, 2.75) is 46.1 Å². The number of anilines is 2. The fraction of sp³-hybridized carbons (Fsp3) is 0.533. The average molecular weight is 246 g/mol. The number of benzene rings is 1. The van der Waals surface area contributed by atoms with E-state index in [1.165, 1.54) is 5.56 Å². The van der Waals surface area contributed by atoms with Crippen molar-refractivity contribution < 1.29 is 4.79 Å². The van der Waals surface area contributed by atoms with E-state index in [-0.39, 0.29) is 11.4 Å². The Bertz CT molecular complexity index is 477. The third kappa shape index (κ3) is 1.98. The third-order valence-corrected chi connectivity index (χ3v) is 3.54. The van der Waals surface area contributed by atoms with E-state index in [0.29, 0.717) is 5.92 Å². The monoisotopic (exact) mass is 246 g/mol. The molecule has 0 radical (unpaired) electrons. The molecule has 3 nitrogen and oxygen atoms in total. The van der Waals surface area contributed by atoms with Crippen LogP contribution in [0, 0.1) is 0 Å². The van der Waals surface area contributed by atoms with Crippen molar-refractivity contribution in [3.8, 4) is 0 Å². The summed E-state index contributed by atoms with van der Waals surface area (Å²) < 4.78 is 0. The molecule has 0 unspecified atom stereocenters. The van der Waals surface area contributed by atoms with Gasteiger partial charge in [-0.05, 0) is 31.4 Å². The minimum absolute atomic E-state index is 0.107. The van der Waals surface area contributed by atoms with E-state index in [1.807, 2.05) is 11.0 Å². The van der Waals surface area contributed by atoms with Crippen molar-refractivity contribution >= 4 is 17.3 Å². The first-order valence-electron chi connectivity index (χ1n) is 6.52. The summed E-state index contributed by atoms with van der Waals surface area (Å²) in [6.45, 7) is 10.9. The van der Waals surface area contributed by atoms with Crippen LogP contribution in [-0.4, -0.2) is 18.0 Å². The SMILES string of the molecule is CC(=O)N1c2c(cccc2C(C)C)NCC1(C)C. The molecular formula is C15H22N2O. The number of carbonyl (C=O) groups excluding carboxylic acids is 1. The van der Waals surface area contributed by atoms with E-state index in [2.05, 4.69) is 45.1 Å². The van der Waals surface area contributed by atoms with Gasteiger partial charge in [0.05, 0.1) is 16.9 Å². The first-order valence-corrected chi connectivity index (χ1v) is 6.52. The van der Waals surface area contributed by atoms with E-state index in [1.54, 1.807) is 6.92 Å². The molecule has 1 aliphatic rings. The van der Waals surface area contributed by atoms with Crippen LogP contribution < -0.4 is 10.2 Å². The summed E-state index contributed by atoms with van der Waals surface area (Å²) in [6, 6.07) is 6.21. The Hall–Kier alpha value is -1.51. The van der Waals surface area contributed by atoms with E-state index < -0.39 is 0 Å². The van der Waals surface area contributed by atoms with Gasteiger partial charge in [0.1, 0.15) is 0 Å².